The van der Waals surface area contributed by atoms with Crippen molar-refractivity contribution in [3.8, 4) is 0 Å². The molecule has 0 aliphatic heterocycles. The van der Waals surface area contributed by atoms with Crippen LogP contribution in [0.2, 0.25) is 0 Å². The first kappa shape index (κ1) is 10.8. The zero-order chi connectivity index (χ0) is 4.99. The van der Waals surface area contributed by atoms with Gasteiger partial charge in [0.15, 0.2) is 0 Å². The standard InChI is InChI=1S/C4H11NS.Zn/c1-5(2)3-4-6;/h6H,3-4H2,1-2H3;/q;+2/p-1. The van der Waals surface area contributed by atoms with Gasteiger partial charge in [-0.2, -0.15) is 5.75 Å². The predicted octanol–water partition coefficient (Wildman–Crippen LogP) is 0.0924. The monoisotopic (exact) mass is 168 g/mol. The Bertz CT molecular complexity index is 32.9. The molecule has 0 saturated heterocycles. The van der Waals surface area contributed by atoms with Gasteiger partial charge in [0.1, 0.15) is 0 Å². The third kappa shape index (κ3) is 10.9. The smallest absolute Gasteiger partial charge is 0.791 e. The van der Waals surface area contributed by atoms with Crippen molar-refractivity contribution in [2.75, 3.05) is 26.4 Å². The van der Waals surface area contributed by atoms with Crippen LogP contribution < -0.4 is 0 Å². The zero-order valence-corrected chi connectivity index (χ0v) is 8.76. The van der Waals surface area contributed by atoms with Crippen molar-refractivity contribution in [1.82, 2.24) is 4.90 Å². The predicted molar refractivity (Wildman–Crippen MR) is 30.8 cm³/mol. The van der Waals surface area contributed by atoms with Gasteiger partial charge in [0.2, 0.25) is 0 Å². The molecule has 0 spiro atoms. The second kappa shape index (κ2) is 6.93. The van der Waals surface area contributed by atoms with Crippen molar-refractivity contribution in [3.05, 3.63) is 0 Å². The van der Waals surface area contributed by atoms with E-state index >= 15 is 0 Å². The Balaban J connectivity index is 0. The molecular formula is C4H10NSZn+. The molecule has 0 heterocycles. The van der Waals surface area contributed by atoms with Crippen molar-refractivity contribution in [2.24, 2.45) is 0 Å². The molecule has 0 aliphatic carbocycles. The molecule has 0 unspecified atom stereocenters. The summed E-state index contributed by atoms with van der Waals surface area (Å²) in [6.07, 6.45) is 0. The summed E-state index contributed by atoms with van der Waals surface area (Å²) in [7, 11) is 4.04. The molecule has 0 aromatic heterocycles. The van der Waals surface area contributed by atoms with Crippen LogP contribution >= 0.6 is 0 Å². The van der Waals surface area contributed by atoms with E-state index in [-0.39, 0.29) is 19.5 Å². The van der Waals surface area contributed by atoms with E-state index in [2.05, 4.69) is 17.5 Å². The quantitative estimate of drug-likeness (QED) is 0.426. The normalized spacial score (nSPS) is 8.57. The summed E-state index contributed by atoms with van der Waals surface area (Å²) in [5, 5.41) is 0. The molecule has 0 atom stereocenters. The van der Waals surface area contributed by atoms with Gasteiger partial charge in [0, 0.05) is 0 Å². The van der Waals surface area contributed by atoms with E-state index < -0.39 is 0 Å². The number of nitrogens with zero attached hydrogens (tertiary/aromatic N) is 1. The summed E-state index contributed by atoms with van der Waals surface area (Å²) >= 11 is 4.69. The van der Waals surface area contributed by atoms with Crippen molar-refractivity contribution in [1.29, 1.82) is 0 Å². The summed E-state index contributed by atoms with van der Waals surface area (Å²) in [5.41, 5.74) is 0. The number of rotatable bonds is 2. The molecule has 0 bridgehead atoms. The number of hydrogen-bond acceptors (Lipinski definition) is 2. The average molecular weight is 170 g/mol. The second-order valence-corrected chi connectivity index (χ2v) is 1.92. The molecular weight excluding hydrogens is 160 g/mol. The van der Waals surface area contributed by atoms with Gasteiger partial charge in [-0.3, -0.25) is 0 Å². The van der Waals surface area contributed by atoms with Gasteiger partial charge >= 0.3 is 19.5 Å². The maximum Gasteiger partial charge on any atom is 2.00 e. The van der Waals surface area contributed by atoms with Crippen LogP contribution in [0, 0.1) is 0 Å². The molecule has 0 fully saturated rings. The molecule has 0 saturated carbocycles. The van der Waals surface area contributed by atoms with Gasteiger partial charge in [-0.05, 0) is 20.6 Å². The Labute approximate surface area is 63.6 Å². The third-order valence-electron chi connectivity index (χ3n) is 0.539. The Hall–Kier alpha value is 0.933. The van der Waals surface area contributed by atoms with Crippen molar-refractivity contribution >= 4 is 12.6 Å². The van der Waals surface area contributed by atoms with Gasteiger partial charge in [-0.1, -0.05) is 0 Å². The molecule has 0 radical (unpaired) electrons. The molecule has 7 heavy (non-hydrogen) atoms. The average Bonchev–Trinajstić information content (AvgIpc) is 1.35. The molecule has 0 aromatic rings. The second-order valence-electron chi connectivity index (χ2n) is 1.51. The van der Waals surface area contributed by atoms with Gasteiger partial charge in [-0.15, -0.1) is 0 Å². The van der Waals surface area contributed by atoms with Gasteiger partial charge in [0.05, 0.1) is 0 Å². The van der Waals surface area contributed by atoms with Crippen LogP contribution in [0.25, 0.3) is 0 Å². The maximum atomic E-state index is 4.69. The summed E-state index contributed by atoms with van der Waals surface area (Å²) in [6, 6.07) is 0. The summed E-state index contributed by atoms with van der Waals surface area (Å²) < 4.78 is 0. The molecule has 38 valence electrons. The summed E-state index contributed by atoms with van der Waals surface area (Å²) in [4.78, 5) is 2.08. The number of hydrogen-bond donors (Lipinski definition) is 0. The fraction of sp³-hybridized carbons (Fsp3) is 1.00. The van der Waals surface area contributed by atoms with Crippen molar-refractivity contribution in [3.63, 3.8) is 0 Å². The van der Waals surface area contributed by atoms with Crippen LogP contribution in [0.4, 0.5) is 0 Å². The largest absolute Gasteiger partial charge is 2.00 e. The van der Waals surface area contributed by atoms with Crippen LogP contribution in [0.3, 0.4) is 0 Å². The van der Waals surface area contributed by atoms with Gasteiger partial charge in [-0.25, -0.2) is 0 Å². The van der Waals surface area contributed by atoms with Crippen LogP contribution in [-0.2, 0) is 32.1 Å². The van der Waals surface area contributed by atoms with Gasteiger partial charge in [0.25, 0.3) is 0 Å². The van der Waals surface area contributed by atoms with Crippen LogP contribution in [0.1, 0.15) is 0 Å². The first-order chi connectivity index (χ1) is 2.77. The zero-order valence-electron chi connectivity index (χ0n) is 4.98. The minimum Gasteiger partial charge on any atom is -0.791 e. The molecule has 0 rings (SSSR count). The third-order valence-corrected chi connectivity index (χ3v) is 0.721. The first-order valence-corrected chi connectivity index (χ1v) is 2.58. The van der Waals surface area contributed by atoms with Crippen molar-refractivity contribution < 1.29 is 19.5 Å². The van der Waals surface area contributed by atoms with Gasteiger partial charge < -0.3 is 17.5 Å². The maximum absolute atomic E-state index is 4.69. The van der Waals surface area contributed by atoms with E-state index in [0.717, 1.165) is 12.3 Å². The summed E-state index contributed by atoms with van der Waals surface area (Å²) in [5.74, 6) is 0.840. The molecule has 1 nitrogen and oxygen atoms in total. The molecule has 0 amide bonds. The summed E-state index contributed by atoms with van der Waals surface area (Å²) in [6.45, 7) is 1.02. The topological polar surface area (TPSA) is 3.24 Å². The van der Waals surface area contributed by atoms with E-state index in [1.165, 1.54) is 0 Å². The van der Waals surface area contributed by atoms with E-state index in [1.54, 1.807) is 0 Å². The van der Waals surface area contributed by atoms with E-state index in [9.17, 15) is 0 Å². The van der Waals surface area contributed by atoms with Crippen LogP contribution in [0.15, 0.2) is 0 Å². The first-order valence-electron chi connectivity index (χ1n) is 2.00. The Morgan fingerprint density at radius 2 is 1.86 bits per heavy atom. The fourth-order valence-corrected chi connectivity index (χ4v) is 0.548. The fourth-order valence-electron chi connectivity index (χ4n) is 0.183. The van der Waals surface area contributed by atoms with Crippen LogP contribution in [-0.4, -0.2) is 31.3 Å². The van der Waals surface area contributed by atoms with E-state index in [1.807, 2.05) is 14.1 Å². The molecule has 0 aliphatic rings. The molecule has 0 aromatic carbocycles. The van der Waals surface area contributed by atoms with Crippen molar-refractivity contribution in [2.45, 2.75) is 0 Å². The molecule has 0 N–H and O–H groups in total. The molecule has 3 heteroatoms. The SMILES string of the molecule is CN(C)CC[S-].[Zn+2]. The minimum atomic E-state index is 0. The minimum absolute atomic E-state index is 0. The van der Waals surface area contributed by atoms with E-state index in [0.29, 0.717) is 0 Å². The van der Waals surface area contributed by atoms with E-state index in [4.69, 9.17) is 0 Å². The Morgan fingerprint density at radius 1 is 1.43 bits per heavy atom. The Morgan fingerprint density at radius 3 is 1.86 bits per heavy atom. The Kier molecular flexibility index (Phi) is 10.7. The van der Waals surface area contributed by atoms with Crippen LogP contribution in [0.5, 0.6) is 0 Å².